The molecule has 0 saturated carbocycles. The Labute approximate surface area is 165 Å². The van der Waals surface area contributed by atoms with E-state index >= 15 is 0 Å². The predicted octanol–water partition coefficient (Wildman–Crippen LogP) is 3.98. The maximum absolute atomic E-state index is 12.6. The number of amides is 2. The normalized spacial score (nSPS) is 14.0. The van der Waals surface area contributed by atoms with Gasteiger partial charge >= 0.3 is 0 Å². The highest BCUT2D eigenvalue weighted by molar-refractivity contribution is 6.35. The van der Waals surface area contributed by atoms with Crippen LogP contribution in [0.25, 0.3) is 0 Å². The molecule has 0 aliphatic rings. The summed E-state index contributed by atoms with van der Waals surface area (Å²) < 4.78 is 5.45. The summed E-state index contributed by atoms with van der Waals surface area (Å²) in [5.41, 5.74) is 0.165. The minimum atomic E-state index is -0.625. The van der Waals surface area contributed by atoms with Gasteiger partial charge in [-0.3, -0.25) is 9.59 Å². The smallest absolute Gasteiger partial charge is 0.242 e. The van der Waals surface area contributed by atoms with Gasteiger partial charge in [-0.2, -0.15) is 0 Å². The quantitative estimate of drug-likeness (QED) is 0.724. The van der Waals surface area contributed by atoms with Crippen LogP contribution in [0.2, 0.25) is 10.0 Å². The minimum Gasteiger partial charge on any atom is -0.375 e. The minimum absolute atomic E-state index is 0.0542. The highest BCUT2D eigenvalue weighted by Gasteiger charge is 2.30. The Bertz CT molecular complexity index is 642. The Hall–Kier alpha value is -1.30. The van der Waals surface area contributed by atoms with Crippen LogP contribution in [-0.2, 0) is 14.3 Å². The van der Waals surface area contributed by atoms with Crippen LogP contribution < -0.4 is 10.6 Å². The topological polar surface area (TPSA) is 67.4 Å². The van der Waals surface area contributed by atoms with Crippen LogP contribution in [0.4, 0.5) is 0 Å². The van der Waals surface area contributed by atoms with Crippen molar-refractivity contribution in [1.29, 1.82) is 0 Å². The summed E-state index contributed by atoms with van der Waals surface area (Å²) in [7, 11) is 1.54. The summed E-state index contributed by atoms with van der Waals surface area (Å²) in [5, 5.41) is 6.67. The van der Waals surface area contributed by atoms with Gasteiger partial charge in [0, 0.05) is 34.7 Å². The Kier molecular flexibility index (Phi) is 8.38. The third-order valence-corrected chi connectivity index (χ3v) is 4.53. The molecule has 2 atom stereocenters. The molecule has 0 bridgehead atoms. The van der Waals surface area contributed by atoms with Gasteiger partial charge in [-0.05, 0) is 18.1 Å². The standard InChI is InChI=1S/C19H28Cl2N2O3/c1-11(2)16(23-18(25)19(3,4)5)17(24)22-10-15(26-6)13-8-7-12(20)9-14(13)21/h7-9,11,15-16H,10H2,1-6H3,(H,22,24)(H,23,25). The van der Waals surface area contributed by atoms with Crippen molar-refractivity contribution in [3.8, 4) is 0 Å². The molecule has 0 aromatic heterocycles. The van der Waals surface area contributed by atoms with Gasteiger partial charge in [0.15, 0.2) is 0 Å². The summed E-state index contributed by atoms with van der Waals surface area (Å²) >= 11 is 12.1. The second kappa shape index (κ2) is 9.58. The highest BCUT2D eigenvalue weighted by atomic mass is 35.5. The van der Waals surface area contributed by atoms with E-state index in [1.807, 2.05) is 13.8 Å². The van der Waals surface area contributed by atoms with E-state index in [2.05, 4.69) is 10.6 Å². The van der Waals surface area contributed by atoms with E-state index in [0.29, 0.717) is 10.0 Å². The first-order valence-corrected chi connectivity index (χ1v) is 9.29. The lowest BCUT2D eigenvalue weighted by Crippen LogP contribution is -2.52. The van der Waals surface area contributed by atoms with Gasteiger partial charge in [0.05, 0.1) is 0 Å². The molecule has 0 fully saturated rings. The van der Waals surface area contributed by atoms with Gasteiger partial charge < -0.3 is 15.4 Å². The van der Waals surface area contributed by atoms with Gasteiger partial charge in [0.25, 0.3) is 0 Å². The number of halogens is 2. The van der Waals surface area contributed by atoms with Gasteiger partial charge in [-0.25, -0.2) is 0 Å². The Balaban J connectivity index is 2.81. The molecule has 2 amide bonds. The molecule has 0 spiro atoms. The van der Waals surface area contributed by atoms with Crippen molar-refractivity contribution < 1.29 is 14.3 Å². The van der Waals surface area contributed by atoms with Crippen molar-refractivity contribution in [1.82, 2.24) is 10.6 Å². The molecule has 1 rings (SSSR count). The van der Waals surface area contributed by atoms with E-state index in [1.54, 1.807) is 46.1 Å². The monoisotopic (exact) mass is 402 g/mol. The molecule has 0 heterocycles. The second-order valence-corrected chi connectivity index (χ2v) is 8.42. The Morgan fingerprint density at radius 1 is 1.19 bits per heavy atom. The maximum Gasteiger partial charge on any atom is 0.242 e. The summed E-state index contributed by atoms with van der Waals surface area (Å²) in [6.45, 7) is 9.42. The lowest BCUT2D eigenvalue weighted by atomic mass is 9.93. The molecule has 0 aliphatic heterocycles. The molecular weight excluding hydrogens is 375 g/mol. The SMILES string of the molecule is COC(CNC(=O)C(NC(=O)C(C)(C)C)C(C)C)c1ccc(Cl)cc1Cl. The van der Waals surface area contributed by atoms with Crippen molar-refractivity contribution in [3.63, 3.8) is 0 Å². The fourth-order valence-electron chi connectivity index (χ4n) is 2.28. The zero-order chi connectivity index (χ0) is 20.1. The zero-order valence-corrected chi connectivity index (χ0v) is 17.7. The molecule has 26 heavy (non-hydrogen) atoms. The van der Waals surface area contributed by atoms with E-state index < -0.39 is 17.6 Å². The number of hydrogen-bond donors (Lipinski definition) is 2. The van der Waals surface area contributed by atoms with E-state index in [9.17, 15) is 9.59 Å². The van der Waals surface area contributed by atoms with Gasteiger partial charge in [-0.15, -0.1) is 0 Å². The molecule has 0 saturated heterocycles. The van der Waals surface area contributed by atoms with Crippen LogP contribution in [0.15, 0.2) is 18.2 Å². The molecule has 2 unspecified atom stereocenters. The fraction of sp³-hybridized carbons (Fsp3) is 0.579. The van der Waals surface area contributed by atoms with Gasteiger partial charge in [0.2, 0.25) is 11.8 Å². The van der Waals surface area contributed by atoms with Crippen LogP contribution >= 0.6 is 23.2 Å². The van der Waals surface area contributed by atoms with Crippen molar-refractivity contribution >= 4 is 35.0 Å². The van der Waals surface area contributed by atoms with E-state index in [0.717, 1.165) is 5.56 Å². The number of ether oxygens (including phenoxy) is 1. The second-order valence-electron chi connectivity index (χ2n) is 7.58. The first-order chi connectivity index (χ1) is 12.0. The molecule has 146 valence electrons. The number of rotatable bonds is 7. The Morgan fingerprint density at radius 2 is 1.81 bits per heavy atom. The summed E-state index contributed by atoms with van der Waals surface area (Å²) in [4.78, 5) is 24.8. The lowest BCUT2D eigenvalue weighted by Gasteiger charge is -2.27. The van der Waals surface area contributed by atoms with Crippen LogP contribution in [0.5, 0.6) is 0 Å². The number of benzene rings is 1. The first-order valence-electron chi connectivity index (χ1n) is 8.53. The molecule has 0 aliphatic carbocycles. The molecular formula is C19H28Cl2N2O3. The third-order valence-electron chi connectivity index (χ3n) is 3.97. The molecule has 1 aromatic carbocycles. The average Bonchev–Trinajstić information content (AvgIpc) is 2.52. The molecule has 2 N–H and O–H groups in total. The highest BCUT2D eigenvalue weighted by Crippen LogP contribution is 2.27. The Morgan fingerprint density at radius 3 is 2.27 bits per heavy atom. The largest absolute Gasteiger partial charge is 0.375 e. The van der Waals surface area contributed by atoms with E-state index in [-0.39, 0.29) is 24.3 Å². The first kappa shape index (κ1) is 22.7. The molecule has 0 radical (unpaired) electrons. The van der Waals surface area contributed by atoms with Gasteiger partial charge in [0.1, 0.15) is 12.1 Å². The van der Waals surface area contributed by atoms with Crippen molar-refractivity contribution in [3.05, 3.63) is 33.8 Å². The number of carbonyl (C=O) groups excluding carboxylic acids is 2. The van der Waals surface area contributed by atoms with E-state index in [1.165, 1.54) is 0 Å². The molecule has 5 nitrogen and oxygen atoms in total. The maximum atomic E-state index is 12.6. The van der Waals surface area contributed by atoms with Crippen LogP contribution in [-0.4, -0.2) is 31.5 Å². The summed E-state index contributed by atoms with van der Waals surface area (Å²) in [6, 6.07) is 4.50. The van der Waals surface area contributed by atoms with Crippen LogP contribution in [0.1, 0.15) is 46.3 Å². The number of hydrogen-bond acceptors (Lipinski definition) is 3. The number of carbonyl (C=O) groups is 2. The van der Waals surface area contributed by atoms with Crippen molar-refractivity contribution in [2.24, 2.45) is 11.3 Å². The van der Waals surface area contributed by atoms with Gasteiger partial charge in [-0.1, -0.05) is 63.9 Å². The predicted molar refractivity (Wildman–Crippen MR) is 105 cm³/mol. The van der Waals surface area contributed by atoms with Crippen LogP contribution in [0, 0.1) is 11.3 Å². The third kappa shape index (κ3) is 6.45. The zero-order valence-electron chi connectivity index (χ0n) is 16.2. The molecule has 1 aromatic rings. The average molecular weight is 403 g/mol. The lowest BCUT2D eigenvalue weighted by molar-refractivity contribution is -0.134. The molecule has 7 heteroatoms. The number of nitrogens with one attached hydrogen (secondary N) is 2. The summed E-state index contributed by atoms with van der Waals surface area (Å²) in [5.74, 6) is -0.485. The van der Waals surface area contributed by atoms with Crippen molar-refractivity contribution in [2.75, 3.05) is 13.7 Å². The van der Waals surface area contributed by atoms with Crippen LogP contribution in [0.3, 0.4) is 0 Å². The van der Waals surface area contributed by atoms with Crippen molar-refractivity contribution in [2.45, 2.75) is 46.8 Å². The summed E-state index contributed by atoms with van der Waals surface area (Å²) in [6.07, 6.45) is -0.421. The van der Waals surface area contributed by atoms with E-state index in [4.69, 9.17) is 27.9 Å². The number of methoxy groups -OCH3 is 1. The fourth-order valence-corrected chi connectivity index (χ4v) is 2.81.